The van der Waals surface area contributed by atoms with Gasteiger partial charge >= 0.3 is 0 Å². The van der Waals surface area contributed by atoms with Crippen LogP contribution in [0.5, 0.6) is 0 Å². The number of aromatic nitrogens is 1. The van der Waals surface area contributed by atoms with Crippen molar-refractivity contribution in [2.75, 3.05) is 0 Å². The molecule has 2 rings (SSSR count). The van der Waals surface area contributed by atoms with Gasteiger partial charge in [-0.25, -0.2) is 4.98 Å². The second-order valence-corrected chi connectivity index (χ2v) is 5.80. The molecule has 0 aromatic carbocycles. The monoisotopic (exact) mass is 236 g/mol. The maximum atomic E-state index is 5.64. The van der Waals surface area contributed by atoms with Crippen molar-refractivity contribution in [3.8, 4) is 0 Å². The number of thioether (sulfide) groups is 1. The second kappa shape index (κ2) is 5.69. The zero-order valence-electron chi connectivity index (χ0n) is 9.91. The molecule has 1 aromatic rings. The van der Waals surface area contributed by atoms with Crippen LogP contribution in [0.15, 0.2) is 17.2 Å². The van der Waals surface area contributed by atoms with Gasteiger partial charge in [0.2, 0.25) is 0 Å². The highest BCUT2D eigenvalue weighted by Gasteiger charge is 2.15. The van der Waals surface area contributed by atoms with Crippen molar-refractivity contribution in [3.05, 3.63) is 23.4 Å². The van der Waals surface area contributed by atoms with Crippen LogP contribution in [0.1, 0.15) is 43.4 Å². The molecule has 0 aliphatic heterocycles. The van der Waals surface area contributed by atoms with Gasteiger partial charge in [0, 0.05) is 17.5 Å². The first-order valence-electron chi connectivity index (χ1n) is 6.13. The molecule has 2 N–H and O–H groups in total. The topological polar surface area (TPSA) is 38.9 Å². The zero-order valence-corrected chi connectivity index (χ0v) is 10.7. The SMILES string of the molecule is Cc1nc(SC2CCCCC2)ccc1CN. The molecule has 0 unspecified atom stereocenters. The van der Waals surface area contributed by atoms with Crippen LogP contribution in [0, 0.1) is 6.92 Å². The van der Waals surface area contributed by atoms with E-state index in [-0.39, 0.29) is 0 Å². The molecule has 88 valence electrons. The van der Waals surface area contributed by atoms with E-state index in [0.717, 1.165) is 16.5 Å². The second-order valence-electron chi connectivity index (χ2n) is 4.48. The van der Waals surface area contributed by atoms with Crippen LogP contribution in [0.25, 0.3) is 0 Å². The van der Waals surface area contributed by atoms with Crippen molar-refractivity contribution in [1.29, 1.82) is 0 Å². The third-order valence-corrected chi connectivity index (χ3v) is 4.50. The Hall–Kier alpha value is -0.540. The molecule has 0 saturated heterocycles. The molecule has 0 bridgehead atoms. The average Bonchev–Trinajstić information content (AvgIpc) is 2.31. The predicted molar refractivity (Wildman–Crippen MR) is 69.6 cm³/mol. The Balaban J connectivity index is 2.01. The summed E-state index contributed by atoms with van der Waals surface area (Å²) in [6.07, 6.45) is 6.89. The Bertz CT molecular complexity index is 346. The minimum absolute atomic E-state index is 0.590. The summed E-state index contributed by atoms with van der Waals surface area (Å²) in [6, 6.07) is 4.24. The fourth-order valence-corrected chi connectivity index (χ4v) is 3.45. The normalized spacial score (nSPS) is 17.6. The quantitative estimate of drug-likeness (QED) is 0.875. The van der Waals surface area contributed by atoms with Gasteiger partial charge in [-0.2, -0.15) is 0 Å². The highest BCUT2D eigenvalue weighted by atomic mass is 32.2. The van der Waals surface area contributed by atoms with Crippen LogP contribution in [0.3, 0.4) is 0 Å². The van der Waals surface area contributed by atoms with Crippen molar-refractivity contribution < 1.29 is 0 Å². The fraction of sp³-hybridized carbons (Fsp3) is 0.615. The lowest BCUT2D eigenvalue weighted by atomic mass is 10.0. The molecular formula is C13H20N2S. The van der Waals surface area contributed by atoms with E-state index < -0.39 is 0 Å². The first-order chi connectivity index (χ1) is 7.79. The Morgan fingerprint density at radius 2 is 2.06 bits per heavy atom. The molecule has 1 aliphatic rings. The van der Waals surface area contributed by atoms with Crippen LogP contribution >= 0.6 is 11.8 Å². The van der Waals surface area contributed by atoms with E-state index in [4.69, 9.17) is 5.73 Å². The first kappa shape index (κ1) is 11.9. The maximum absolute atomic E-state index is 5.64. The highest BCUT2D eigenvalue weighted by Crippen LogP contribution is 2.32. The molecule has 0 atom stereocenters. The minimum atomic E-state index is 0.590. The average molecular weight is 236 g/mol. The van der Waals surface area contributed by atoms with E-state index in [0.29, 0.717) is 6.54 Å². The van der Waals surface area contributed by atoms with Gasteiger partial charge in [-0.3, -0.25) is 0 Å². The molecule has 16 heavy (non-hydrogen) atoms. The van der Waals surface area contributed by atoms with E-state index in [9.17, 15) is 0 Å². The third kappa shape index (κ3) is 2.98. The standard InChI is InChI=1S/C13H20N2S/c1-10-11(9-14)7-8-13(15-10)16-12-5-3-2-4-6-12/h7-8,12H,2-6,9,14H2,1H3. The number of pyridine rings is 1. The van der Waals surface area contributed by atoms with E-state index in [1.54, 1.807) is 0 Å². The molecule has 1 heterocycles. The van der Waals surface area contributed by atoms with Crippen molar-refractivity contribution in [1.82, 2.24) is 4.98 Å². The van der Waals surface area contributed by atoms with Crippen molar-refractivity contribution >= 4 is 11.8 Å². The van der Waals surface area contributed by atoms with Crippen molar-refractivity contribution in [2.24, 2.45) is 5.73 Å². The summed E-state index contributed by atoms with van der Waals surface area (Å²) in [5, 5.41) is 1.95. The van der Waals surface area contributed by atoms with E-state index in [1.165, 1.54) is 37.1 Å². The van der Waals surface area contributed by atoms with Crippen LogP contribution in [-0.4, -0.2) is 10.2 Å². The molecule has 1 saturated carbocycles. The highest BCUT2D eigenvalue weighted by molar-refractivity contribution is 7.99. The van der Waals surface area contributed by atoms with Crippen molar-refractivity contribution in [2.45, 2.75) is 55.8 Å². The van der Waals surface area contributed by atoms with Gasteiger partial charge < -0.3 is 5.73 Å². The Labute approximate surface area is 102 Å². The Kier molecular flexibility index (Phi) is 4.24. The number of rotatable bonds is 3. The van der Waals surface area contributed by atoms with E-state index in [2.05, 4.69) is 17.1 Å². The van der Waals surface area contributed by atoms with Crippen LogP contribution < -0.4 is 5.73 Å². The smallest absolute Gasteiger partial charge is 0.0965 e. The molecule has 2 nitrogen and oxygen atoms in total. The molecule has 1 aromatic heterocycles. The van der Waals surface area contributed by atoms with Crippen LogP contribution in [0.4, 0.5) is 0 Å². The molecule has 0 radical (unpaired) electrons. The first-order valence-corrected chi connectivity index (χ1v) is 7.01. The minimum Gasteiger partial charge on any atom is -0.326 e. The van der Waals surface area contributed by atoms with E-state index in [1.807, 2.05) is 18.7 Å². The van der Waals surface area contributed by atoms with Gasteiger partial charge in [-0.05, 0) is 31.4 Å². The summed E-state index contributed by atoms with van der Waals surface area (Å²) in [5.74, 6) is 0. The Morgan fingerprint density at radius 3 is 2.69 bits per heavy atom. The molecule has 1 fully saturated rings. The lowest BCUT2D eigenvalue weighted by molar-refractivity contribution is 0.515. The summed E-state index contributed by atoms with van der Waals surface area (Å²) >= 11 is 1.95. The maximum Gasteiger partial charge on any atom is 0.0965 e. The van der Waals surface area contributed by atoms with Gasteiger partial charge in [0.05, 0.1) is 5.03 Å². The lowest BCUT2D eigenvalue weighted by Gasteiger charge is -2.20. The Morgan fingerprint density at radius 1 is 1.31 bits per heavy atom. The third-order valence-electron chi connectivity index (χ3n) is 3.23. The number of hydrogen-bond acceptors (Lipinski definition) is 3. The summed E-state index contributed by atoms with van der Waals surface area (Å²) in [7, 11) is 0. The zero-order chi connectivity index (χ0) is 11.4. The van der Waals surface area contributed by atoms with Gasteiger partial charge in [-0.15, -0.1) is 11.8 Å². The summed E-state index contributed by atoms with van der Waals surface area (Å²) in [6.45, 7) is 2.64. The van der Waals surface area contributed by atoms with Crippen molar-refractivity contribution in [3.63, 3.8) is 0 Å². The molecule has 1 aliphatic carbocycles. The largest absolute Gasteiger partial charge is 0.326 e. The molecule has 0 amide bonds. The molecule has 0 spiro atoms. The number of aryl methyl sites for hydroxylation is 1. The molecule has 3 heteroatoms. The van der Waals surface area contributed by atoms with Crippen LogP contribution in [-0.2, 0) is 6.54 Å². The summed E-state index contributed by atoms with van der Waals surface area (Å²) in [4.78, 5) is 4.62. The van der Waals surface area contributed by atoms with Gasteiger partial charge in [0.25, 0.3) is 0 Å². The predicted octanol–water partition coefficient (Wildman–Crippen LogP) is 3.27. The van der Waals surface area contributed by atoms with E-state index >= 15 is 0 Å². The fourth-order valence-electron chi connectivity index (χ4n) is 2.20. The van der Waals surface area contributed by atoms with Gasteiger partial charge in [0.15, 0.2) is 0 Å². The van der Waals surface area contributed by atoms with Gasteiger partial charge in [0.1, 0.15) is 0 Å². The molecular weight excluding hydrogens is 216 g/mol. The number of nitrogens with zero attached hydrogens (tertiary/aromatic N) is 1. The number of hydrogen-bond donors (Lipinski definition) is 1. The van der Waals surface area contributed by atoms with Crippen LogP contribution in [0.2, 0.25) is 0 Å². The summed E-state index contributed by atoms with van der Waals surface area (Å²) in [5.41, 5.74) is 7.88. The summed E-state index contributed by atoms with van der Waals surface area (Å²) < 4.78 is 0. The number of nitrogens with two attached hydrogens (primary N) is 1. The van der Waals surface area contributed by atoms with Gasteiger partial charge in [-0.1, -0.05) is 25.3 Å². The lowest BCUT2D eigenvalue weighted by Crippen LogP contribution is -2.08.